The van der Waals surface area contributed by atoms with Crippen molar-refractivity contribution < 1.29 is 13.9 Å². The van der Waals surface area contributed by atoms with Crippen LogP contribution in [0.1, 0.15) is 37.1 Å². The second-order valence-electron chi connectivity index (χ2n) is 7.42. The zero-order chi connectivity index (χ0) is 17.9. The molecule has 140 valence electrons. The maximum atomic E-state index is 12.6. The minimum atomic E-state index is 0.0534. The van der Waals surface area contributed by atoms with Gasteiger partial charge in [-0.25, -0.2) is 4.98 Å². The molecule has 4 rings (SSSR count). The number of ether oxygens (including phenoxy) is 1. The van der Waals surface area contributed by atoms with Crippen LogP contribution in [-0.4, -0.2) is 48.1 Å². The van der Waals surface area contributed by atoms with Crippen molar-refractivity contribution in [3.63, 3.8) is 0 Å². The van der Waals surface area contributed by atoms with Gasteiger partial charge in [-0.2, -0.15) is 0 Å². The van der Waals surface area contributed by atoms with Gasteiger partial charge in [-0.15, -0.1) is 0 Å². The van der Waals surface area contributed by atoms with Crippen molar-refractivity contribution in [2.75, 3.05) is 26.3 Å². The van der Waals surface area contributed by atoms with Gasteiger partial charge >= 0.3 is 0 Å². The SMILES string of the molecule is Cc1cccc2oc(CNC(=O)[C@H]3CCCN(C4CCOCC4)C3)nc12. The Balaban J connectivity index is 1.34. The topological polar surface area (TPSA) is 67.6 Å². The third-order valence-electron chi connectivity index (χ3n) is 5.61. The van der Waals surface area contributed by atoms with Crippen molar-refractivity contribution in [1.82, 2.24) is 15.2 Å². The molecule has 2 fully saturated rings. The van der Waals surface area contributed by atoms with Gasteiger partial charge in [0.25, 0.3) is 0 Å². The zero-order valence-corrected chi connectivity index (χ0v) is 15.4. The number of aryl methyl sites for hydroxylation is 1. The van der Waals surface area contributed by atoms with E-state index in [-0.39, 0.29) is 11.8 Å². The number of hydrogen-bond donors (Lipinski definition) is 1. The molecule has 1 amide bonds. The van der Waals surface area contributed by atoms with E-state index in [1.165, 1.54) is 0 Å². The van der Waals surface area contributed by atoms with Gasteiger partial charge in [-0.1, -0.05) is 12.1 Å². The average molecular weight is 357 g/mol. The molecule has 6 nitrogen and oxygen atoms in total. The maximum absolute atomic E-state index is 12.6. The lowest BCUT2D eigenvalue weighted by Gasteiger charge is -2.39. The van der Waals surface area contributed by atoms with E-state index in [0.29, 0.717) is 18.5 Å². The summed E-state index contributed by atoms with van der Waals surface area (Å²) in [5.74, 6) is 0.734. The Morgan fingerprint density at radius 2 is 2.15 bits per heavy atom. The number of carbonyl (C=O) groups is 1. The molecule has 1 N–H and O–H groups in total. The number of benzene rings is 1. The van der Waals surface area contributed by atoms with Gasteiger partial charge in [0.2, 0.25) is 11.8 Å². The molecule has 0 radical (unpaired) electrons. The van der Waals surface area contributed by atoms with Gasteiger partial charge in [0, 0.05) is 25.8 Å². The van der Waals surface area contributed by atoms with Crippen molar-refractivity contribution in [2.24, 2.45) is 5.92 Å². The zero-order valence-electron chi connectivity index (χ0n) is 15.4. The Bertz CT molecular complexity index is 767. The first-order valence-corrected chi connectivity index (χ1v) is 9.65. The predicted octanol–water partition coefficient (Wildman–Crippen LogP) is 2.64. The molecule has 2 aromatic rings. The molecule has 3 heterocycles. The van der Waals surface area contributed by atoms with Crippen LogP contribution in [0.5, 0.6) is 0 Å². The summed E-state index contributed by atoms with van der Waals surface area (Å²) in [6, 6.07) is 6.45. The van der Waals surface area contributed by atoms with Crippen LogP contribution in [0, 0.1) is 12.8 Å². The molecule has 0 aliphatic carbocycles. The van der Waals surface area contributed by atoms with Crippen LogP contribution in [0.4, 0.5) is 0 Å². The number of carbonyl (C=O) groups excluding carboxylic acids is 1. The van der Waals surface area contributed by atoms with Crippen LogP contribution >= 0.6 is 0 Å². The highest BCUT2D eigenvalue weighted by Gasteiger charge is 2.30. The second kappa shape index (κ2) is 7.76. The first-order chi connectivity index (χ1) is 12.7. The van der Waals surface area contributed by atoms with Gasteiger partial charge < -0.3 is 14.5 Å². The van der Waals surface area contributed by atoms with Gasteiger partial charge in [-0.3, -0.25) is 9.69 Å². The van der Waals surface area contributed by atoms with E-state index in [9.17, 15) is 4.79 Å². The van der Waals surface area contributed by atoms with Crippen LogP contribution in [0.2, 0.25) is 0 Å². The monoisotopic (exact) mass is 357 g/mol. The van der Waals surface area contributed by atoms with E-state index in [1.54, 1.807) is 0 Å². The molecule has 2 aliphatic heterocycles. The van der Waals surface area contributed by atoms with Gasteiger partial charge in [0.1, 0.15) is 5.52 Å². The Labute approximate surface area is 153 Å². The van der Waals surface area contributed by atoms with E-state index in [1.807, 2.05) is 25.1 Å². The Kier molecular flexibility index (Phi) is 5.22. The lowest BCUT2D eigenvalue weighted by molar-refractivity contribution is -0.127. The highest BCUT2D eigenvalue weighted by molar-refractivity contribution is 5.79. The third kappa shape index (κ3) is 3.76. The Morgan fingerprint density at radius 3 is 2.96 bits per heavy atom. The summed E-state index contributed by atoms with van der Waals surface area (Å²) in [6.45, 7) is 5.99. The van der Waals surface area contributed by atoms with E-state index in [4.69, 9.17) is 9.15 Å². The number of oxazole rings is 1. The smallest absolute Gasteiger partial charge is 0.224 e. The first-order valence-electron chi connectivity index (χ1n) is 9.65. The summed E-state index contributed by atoms with van der Waals surface area (Å²) in [6.07, 6.45) is 4.20. The minimum absolute atomic E-state index is 0.0534. The van der Waals surface area contributed by atoms with Crippen LogP contribution in [0.25, 0.3) is 11.1 Å². The predicted molar refractivity (Wildman–Crippen MR) is 98.7 cm³/mol. The van der Waals surface area contributed by atoms with Gasteiger partial charge in [0.05, 0.1) is 12.5 Å². The number of aromatic nitrogens is 1. The summed E-state index contributed by atoms with van der Waals surface area (Å²) >= 11 is 0. The normalized spacial score (nSPS) is 22.6. The van der Waals surface area contributed by atoms with Crippen LogP contribution in [0.15, 0.2) is 22.6 Å². The highest BCUT2D eigenvalue weighted by Crippen LogP contribution is 2.23. The Morgan fingerprint density at radius 1 is 1.31 bits per heavy atom. The van der Waals surface area contributed by atoms with Gasteiger partial charge in [-0.05, 0) is 50.8 Å². The molecule has 2 aliphatic rings. The highest BCUT2D eigenvalue weighted by atomic mass is 16.5. The van der Waals surface area contributed by atoms with Crippen LogP contribution in [0.3, 0.4) is 0 Å². The molecule has 1 atom stereocenters. The first kappa shape index (κ1) is 17.5. The summed E-state index contributed by atoms with van der Waals surface area (Å²) in [5, 5.41) is 3.03. The number of nitrogens with one attached hydrogen (secondary N) is 1. The van der Waals surface area contributed by atoms with E-state index in [0.717, 1.165) is 68.6 Å². The maximum Gasteiger partial charge on any atom is 0.224 e. The van der Waals surface area contributed by atoms with Crippen molar-refractivity contribution >= 4 is 17.0 Å². The molecule has 0 bridgehead atoms. The molecule has 0 unspecified atom stereocenters. The molecule has 26 heavy (non-hydrogen) atoms. The summed E-state index contributed by atoms with van der Waals surface area (Å²) in [4.78, 5) is 19.6. The number of para-hydroxylation sites is 1. The number of piperidine rings is 1. The number of fused-ring (bicyclic) bond motifs is 1. The number of amides is 1. The molecule has 0 spiro atoms. The summed E-state index contributed by atoms with van der Waals surface area (Å²) in [7, 11) is 0. The minimum Gasteiger partial charge on any atom is -0.439 e. The van der Waals surface area contributed by atoms with Crippen LogP contribution in [-0.2, 0) is 16.1 Å². The molecule has 1 aromatic heterocycles. The quantitative estimate of drug-likeness (QED) is 0.911. The standard InChI is InChI=1S/C20H27N3O3/c1-14-4-2-6-17-19(14)22-18(26-17)12-21-20(24)15-5-3-9-23(13-15)16-7-10-25-11-8-16/h2,4,6,15-16H,3,5,7-13H2,1H3,(H,21,24)/t15-/m0/s1. The van der Waals surface area contributed by atoms with Crippen molar-refractivity contribution in [2.45, 2.75) is 45.2 Å². The second-order valence-corrected chi connectivity index (χ2v) is 7.42. The average Bonchev–Trinajstić information content (AvgIpc) is 3.11. The third-order valence-corrected chi connectivity index (χ3v) is 5.61. The van der Waals surface area contributed by atoms with Crippen molar-refractivity contribution in [3.05, 3.63) is 29.7 Å². The molecule has 6 heteroatoms. The fourth-order valence-corrected chi connectivity index (χ4v) is 4.12. The van der Waals surface area contributed by atoms with Crippen molar-refractivity contribution in [1.29, 1.82) is 0 Å². The number of rotatable bonds is 4. The number of hydrogen-bond acceptors (Lipinski definition) is 5. The largest absolute Gasteiger partial charge is 0.439 e. The summed E-state index contributed by atoms with van der Waals surface area (Å²) < 4.78 is 11.2. The fraction of sp³-hybridized carbons (Fsp3) is 0.600. The van der Waals surface area contributed by atoms with Crippen molar-refractivity contribution in [3.8, 4) is 0 Å². The molecular formula is C20H27N3O3. The van der Waals surface area contributed by atoms with E-state index >= 15 is 0 Å². The number of likely N-dealkylation sites (tertiary alicyclic amines) is 1. The molecule has 2 saturated heterocycles. The molecular weight excluding hydrogens is 330 g/mol. The lowest BCUT2D eigenvalue weighted by Crippen LogP contribution is -2.48. The fourth-order valence-electron chi connectivity index (χ4n) is 4.12. The van der Waals surface area contributed by atoms with Crippen LogP contribution < -0.4 is 5.32 Å². The molecule has 1 aromatic carbocycles. The lowest BCUT2D eigenvalue weighted by atomic mass is 9.94. The van der Waals surface area contributed by atoms with E-state index in [2.05, 4.69) is 15.2 Å². The number of nitrogens with zero attached hydrogens (tertiary/aromatic N) is 2. The van der Waals surface area contributed by atoms with E-state index < -0.39 is 0 Å². The molecule has 0 saturated carbocycles. The Hall–Kier alpha value is -1.92. The summed E-state index contributed by atoms with van der Waals surface area (Å²) in [5.41, 5.74) is 2.74. The van der Waals surface area contributed by atoms with Gasteiger partial charge in [0.15, 0.2) is 5.58 Å².